The second-order valence-electron chi connectivity index (χ2n) is 4.65. The lowest BCUT2D eigenvalue weighted by molar-refractivity contribution is -0.114. The van der Waals surface area contributed by atoms with Gasteiger partial charge >= 0.3 is 0 Å². The fourth-order valence-corrected chi connectivity index (χ4v) is 2.73. The number of ketones is 1. The second kappa shape index (κ2) is 5.15. The lowest BCUT2D eigenvalue weighted by atomic mass is 10.1. The molecule has 0 N–H and O–H groups in total. The maximum Gasteiger partial charge on any atom is 0.299 e. The zero-order chi connectivity index (χ0) is 15.0. The van der Waals surface area contributed by atoms with E-state index in [1.54, 1.807) is 42.5 Å². The van der Waals surface area contributed by atoms with Gasteiger partial charge in [-0.2, -0.15) is 5.26 Å². The standard InChI is InChI=1S/C16H9BrN2O2/c17-12-5-6-14-13(7-12)15(20)16(21)19(14)9-11-4-2-1-3-10(11)8-18/h1-7H,9H2. The summed E-state index contributed by atoms with van der Waals surface area (Å²) >= 11 is 3.30. The molecule has 0 aliphatic carbocycles. The molecule has 0 fully saturated rings. The molecule has 0 radical (unpaired) electrons. The van der Waals surface area contributed by atoms with Gasteiger partial charge in [-0.1, -0.05) is 34.1 Å². The first-order chi connectivity index (χ1) is 10.1. The molecule has 0 saturated heterocycles. The number of carbonyl (C=O) groups is 2. The van der Waals surface area contributed by atoms with Gasteiger partial charge < -0.3 is 4.90 Å². The Bertz CT molecular complexity index is 808. The maximum absolute atomic E-state index is 12.2. The van der Waals surface area contributed by atoms with Crippen molar-refractivity contribution in [2.75, 3.05) is 4.90 Å². The first-order valence-electron chi connectivity index (χ1n) is 6.25. The molecule has 3 rings (SSSR count). The van der Waals surface area contributed by atoms with Crippen LogP contribution in [0.15, 0.2) is 46.9 Å². The highest BCUT2D eigenvalue weighted by molar-refractivity contribution is 9.10. The number of amides is 1. The highest BCUT2D eigenvalue weighted by atomic mass is 79.9. The van der Waals surface area contributed by atoms with Crippen LogP contribution in [-0.2, 0) is 11.3 Å². The Labute approximate surface area is 129 Å². The summed E-state index contributed by atoms with van der Waals surface area (Å²) in [6.07, 6.45) is 0. The maximum atomic E-state index is 12.2. The van der Waals surface area contributed by atoms with Crippen LogP contribution in [0.5, 0.6) is 0 Å². The minimum Gasteiger partial charge on any atom is -0.300 e. The molecule has 1 aliphatic rings. The Morgan fingerprint density at radius 2 is 1.90 bits per heavy atom. The third kappa shape index (κ3) is 2.24. The summed E-state index contributed by atoms with van der Waals surface area (Å²) in [4.78, 5) is 25.6. The van der Waals surface area contributed by atoms with Crippen molar-refractivity contribution in [3.63, 3.8) is 0 Å². The summed E-state index contributed by atoms with van der Waals surface area (Å²) in [6.45, 7) is 0.211. The van der Waals surface area contributed by atoms with Crippen molar-refractivity contribution in [3.8, 4) is 6.07 Å². The number of benzene rings is 2. The lowest BCUT2D eigenvalue weighted by Gasteiger charge is -2.17. The van der Waals surface area contributed by atoms with Gasteiger partial charge in [0.2, 0.25) is 0 Å². The molecule has 1 aliphatic heterocycles. The molecule has 2 aromatic carbocycles. The van der Waals surface area contributed by atoms with Crippen molar-refractivity contribution in [1.29, 1.82) is 5.26 Å². The third-order valence-electron chi connectivity index (χ3n) is 3.40. The molecule has 0 unspecified atom stereocenters. The van der Waals surface area contributed by atoms with E-state index in [0.717, 1.165) is 10.0 Å². The number of Topliss-reactive ketones (excluding diaryl/α,β-unsaturated/α-hetero) is 1. The monoisotopic (exact) mass is 340 g/mol. The quantitative estimate of drug-likeness (QED) is 0.789. The number of rotatable bonds is 2. The summed E-state index contributed by atoms with van der Waals surface area (Å²) in [7, 11) is 0. The molecular formula is C16H9BrN2O2. The van der Waals surface area contributed by atoms with E-state index in [-0.39, 0.29) is 6.54 Å². The number of hydrogen-bond donors (Lipinski definition) is 0. The summed E-state index contributed by atoms with van der Waals surface area (Å²) in [6, 6.07) is 14.3. The van der Waals surface area contributed by atoms with E-state index in [2.05, 4.69) is 22.0 Å². The average molecular weight is 341 g/mol. The van der Waals surface area contributed by atoms with Gasteiger partial charge in [0.1, 0.15) is 0 Å². The second-order valence-corrected chi connectivity index (χ2v) is 5.57. The largest absolute Gasteiger partial charge is 0.300 e. The van der Waals surface area contributed by atoms with Gasteiger partial charge in [0, 0.05) is 4.47 Å². The molecule has 102 valence electrons. The molecule has 1 amide bonds. The molecular weight excluding hydrogens is 332 g/mol. The molecule has 0 aromatic heterocycles. The Morgan fingerprint density at radius 3 is 2.67 bits per heavy atom. The van der Waals surface area contributed by atoms with Crippen LogP contribution in [0.4, 0.5) is 5.69 Å². The van der Waals surface area contributed by atoms with Gasteiger partial charge in [-0.15, -0.1) is 0 Å². The van der Waals surface area contributed by atoms with E-state index in [4.69, 9.17) is 5.26 Å². The first-order valence-corrected chi connectivity index (χ1v) is 7.05. The highest BCUT2D eigenvalue weighted by Crippen LogP contribution is 2.32. The van der Waals surface area contributed by atoms with Crippen LogP contribution < -0.4 is 4.90 Å². The number of hydrogen-bond acceptors (Lipinski definition) is 3. The number of halogens is 1. The third-order valence-corrected chi connectivity index (χ3v) is 3.89. The number of fused-ring (bicyclic) bond motifs is 1. The SMILES string of the molecule is N#Cc1ccccc1CN1C(=O)C(=O)c2cc(Br)ccc21. The van der Waals surface area contributed by atoms with Crippen LogP contribution >= 0.6 is 15.9 Å². The zero-order valence-corrected chi connectivity index (χ0v) is 12.4. The van der Waals surface area contributed by atoms with Crippen LogP contribution in [0.25, 0.3) is 0 Å². The predicted octanol–water partition coefficient (Wildman–Crippen LogP) is 3.05. The Balaban J connectivity index is 2.03. The van der Waals surface area contributed by atoms with E-state index in [0.29, 0.717) is 16.8 Å². The molecule has 5 heteroatoms. The molecule has 0 bridgehead atoms. The summed E-state index contributed by atoms with van der Waals surface area (Å²) in [5, 5.41) is 9.12. The molecule has 4 nitrogen and oxygen atoms in total. The van der Waals surface area contributed by atoms with Crippen LogP contribution in [0.3, 0.4) is 0 Å². The normalized spacial score (nSPS) is 13.2. The van der Waals surface area contributed by atoms with E-state index < -0.39 is 11.7 Å². The number of nitrogens with zero attached hydrogens (tertiary/aromatic N) is 2. The minimum atomic E-state index is -0.559. The number of anilines is 1. The van der Waals surface area contributed by atoms with Gasteiger partial charge in [-0.25, -0.2) is 0 Å². The fraction of sp³-hybridized carbons (Fsp3) is 0.0625. The topological polar surface area (TPSA) is 61.2 Å². The molecule has 21 heavy (non-hydrogen) atoms. The van der Waals surface area contributed by atoms with Crippen molar-refractivity contribution >= 4 is 33.3 Å². The highest BCUT2D eigenvalue weighted by Gasteiger charge is 2.36. The Kier molecular flexibility index (Phi) is 3.32. The Morgan fingerprint density at radius 1 is 1.14 bits per heavy atom. The van der Waals surface area contributed by atoms with Crippen LogP contribution in [0, 0.1) is 11.3 Å². The average Bonchev–Trinajstić information content (AvgIpc) is 2.73. The van der Waals surface area contributed by atoms with Crippen molar-refractivity contribution in [1.82, 2.24) is 0 Å². The zero-order valence-electron chi connectivity index (χ0n) is 10.8. The van der Waals surface area contributed by atoms with Gasteiger partial charge in [-0.05, 0) is 29.8 Å². The van der Waals surface area contributed by atoms with Crippen LogP contribution in [-0.4, -0.2) is 11.7 Å². The van der Waals surface area contributed by atoms with Crippen molar-refractivity contribution < 1.29 is 9.59 Å². The Hall–Kier alpha value is -2.45. The lowest BCUT2D eigenvalue weighted by Crippen LogP contribution is -2.29. The van der Waals surface area contributed by atoms with Crippen LogP contribution in [0.1, 0.15) is 21.5 Å². The summed E-state index contributed by atoms with van der Waals surface area (Å²) < 4.78 is 0.752. The van der Waals surface area contributed by atoms with Gasteiger partial charge in [-0.3, -0.25) is 9.59 Å². The summed E-state index contributed by atoms with van der Waals surface area (Å²) in [5.74, 6) is -1.07. The molecule has 0 spiro atoms. The van der Waals surface area contributed by atoms with E-state index in [1.807, 2.05) is 0 Å². The van der Waals surface area contributed by atoms with Crippen molar-refractivity contribution in [2.45, 2.75) is 6.54 Å². The van der Waals surface area contributed by atoms with E-state index in [9.17, 15) is 9.59 Å². The van der Waals surface area contributed by atoms with Gasteiger partial charge in [0.15, 0.2) is 0 Å². The van der Waals surface area contributed by atoms with Gasteiger partial charge in [0.25, 0.3) is 11.7 Å². The first kappa shape index (κ1) is 13.5. The predicted molar refractivity (Wildman–Crippen MR) is 80.8 cm³/mol. The van der Waals surface area contributed by atoms with Crippen molar-refractivity contribution in [3.05, 3.63) is 63.6 Å². The number of carbonyl (C=O) groups excluding carboxylic acids is 2. The van der Waals surface area contributed by atoms with E-state index in [1.165, 1.54) is 4.90 Å². The smallest absolute Gasteiger partial charge is 0.299 e. The van der Waals surface area contributed by atoms with Crippen LogP contribution in [0.2, 0.25) is 0 Å². The van der Waals surface area contributed by atoms with Gasteiger partial charge in [0.05, 0.1) is 29.4 Å². The summed E-state index contributed by atoms with van der Waals surface area (Å²) in [5.41, 5.74) is 2.20. The molecule has 2 aromatic rings. The number of nitriles is 1. The minimum absolute atomic E-state index is 0.211. The molecule has 0 atom stereocenters. The molecule has 1 heterocycles. The van der Waals surface area contributed by atoms with Crippen molar-refractivity contribution in [2.24, 2.45) is 0 Å². The fourth-order valence-electron chi connectivity index (χ4n) is 2.37. The van der Waals surface area contributed by atoms with E-state index >= 15 is 0 Å². The molecule has 0 saturated carbocycles.